The zero-order chi connectivity index (χ0) is 20.6. The van der Waals surface area contributed by atoms with Gasteiger partial charge >= 0.3 is 12.0 Å². The van der Waals surface area contributed by atoms with Gasteiger partial charge in [0.2, 0.25) is 16.0 Å². The molecule has 2 rings (SSSR count). The molecule has 0 aliphatic heterocycles. The number of anilines is 2. The van der Waals surface area contributed by atoms with Gasteiger partial charge in [0.05, 0.1) is 12.8 Å². The smallest absolute Gasteiger partial charge is 0.321 e. The van der Waals surface area contributed by atoms with Crippen LogP contribution in [0.25, 0.3) is 0 Å². The van der Waals surface area contributed by atoms with E-state index in [9.17, 15) is 13.2 Å². The van der Waals surface area contributed by atoms with Crippen LogP contribution in [0.15, 0.2) is 24.3 Å². The Bertz CT molecular complexity index is 1020. The number of benzene rings is 1. The molecule has 1 aromatic heterocycles. The highest BCUT2D eigenvalue weighted by Crippen LogP contribution is 2.17. The van der Waals surface area contributed by atoms with Crippen LogP contribution in [0.5, 0.6) is 6.01 Å². The molecule has 0 saturated heterocycles. The molecule has 11 nitrogen and oxygen atoms in total. The fourth-order valence-corrected chi connectivity index (χ4v) is 3.03. The van der Waals surface area contributed by atoms with Gasteiger partial charge < -0.3 is 15.2 Å². The number of hydrogen-bond donors (Lipinski definition) is 3. The zero-order valence-corrected chi connectivity index (χ0v) is 15.9. The number of amides is 2. The number of nitrogens with one attached hydrogen (secondary N) is 2. The van der Waals surface area contributed by atoms with Gasteiger partial charge in [-0.15, -0.1) is 0 Å². The third-order valence-electron chi connectivity index (χ3n) is 3.03. The van der Waals surface area contributed by atoms with Gasteiger partial charge in [0, 0.05) is 12.7 Å². The van der Waals surface area contributed by atoms with E-state index in [1.807, 2.05) is 0 Å². The molecule has 0 spiro atoms. The number of carbonyl (C=O) groups is 1. The van der Waals surface area contributed by atoms with Crippen molar-refractivity contribution in [2.24, 2.45) is 5.73 Å². The first-order chi connectivity index (χ1) is 13.3. The number of aromatic nitrogens is 3. The number of nitrogens with zero attached hydrogens (tertiary/aromatic N) is 3. The van der Waals surface area contributed by atoms with Crippen LogP contribution < -0.4 is 20.5 Å². The molecular weight excluding hydrogens is 388 g/mol. The highest BCUT2D eigenvalue weighted by Gasteiger charge is 2.18. The van der Waals surface area contributed by atoms with Crippen molar-refractivity contribution >= 4 is 27.7 Å². The van der Waals surface area contributed by atoms with Crippen LogP contribution in [-0.4, -0.2) is 50.2 Å². The van der Waals surface area contributed by atoms with Crippen molar-refractivity contribution in [1.29, 1.82) is 0 Å². The molecule has 1 heterocycles. The molecule has 0 fully saturated rings. The predicted molar refractivity (Wildman–Crippen MR) is 101 cm³/mol. The number of para-hydroxylation sites is 1. The highest BCUT2D eigenvalue weighted by molar-refractivity contribution is 7.91. The summed E-state index contributed by atoms with van der Waals surface area (Å²) in [5.41, 5.74) is 5.79. The molecule has 0 unspecified atom stereocenters. The van der Waals surface area contributed by atoms with E-state index in [2.05, 4.69) is 36.8 Å². The maximum atomic E-state index is 12.5. The molecular formula is C16H18N6O5S. The Morgan fingerprint density at radius 1 is 1.21 bits per heavy atom. The van der Waals surface area contributed by atoms with E-state index in [1.54, 1.807) is 24.3 Å². The molecule has 148 valence electrons. The average molecular weight is 406 g/mol. The van der Waals surface area contributed by atoms with Crippen molar-refractivity contribution in [3.8, 4) is 17.9 Å². The second-order valence-corrected chi connectivity index (χ2v) is 6.92. The van der Waals surface area contributed by atoms with Crippen molar-refractivity contribution < 1.29 is 22.7 Å². The first-order valence-corrected chi connectivity index (χ1v) is 9.41. The quantitative estimate of drug-likeness (QED) is 0.554. The van der Waals surface area contributed by atoms with Crippen LogP contribution >= 0.6 is 0 Å². The molecule has 1 aromatic carbocycles. The van der Waals surface area contributed by atoms with Gasteiger partial charge in [-0.25, -0.2) is 13.2 Å². The normalized spacial score (nSPS) is 10.5. The number of nitrogens with two attached hydrogens (primary N) is 1. The summed E-state index contributed by atoms with van der Waals surface area (Å²) in [6.45, 7) is 0.210. The lowest BCUT2D eigenvalue weighted by Gasteiger charge is -2.10. The minimum absolute atomic E-state index is 0.147. The number of primary amides is 1. The molecule has 0 aliphatic rings. The topological polar surface area (TPSA) is 158 Å². The van der Waals surface area contributed by atoms with Crippen molar-refractivity contribution in [2.45, 2.75) is 5.75 Å². The molecule has 0 aliphatic carbocycles. The maximum absolute atomic E-state index is 12.5. The van der Waals surface area contributed by atoms with Gasteiger partial charge in [0.1, 0.15) is 12.4 Å². The van der Waals surface area contributed by atoms with Crippen LogP contribution in [0.4, 0.5) is 16.4 Å². The molecule has 2 amide bonds. The van der Waals surface area contributed by atoms with Gasteiger partial charge in [-0.1, -0.05) is 24.0 Å². The Labute approximate surface area is 161 Å². The lowest BCUT2D eigenvalue weighted by Crippen LogP contribution is -2.23. The van der Waals surface area contributed by atoms with E-state index >= 15 is 0 Å². The van der Waals surface area contributed by atoms with Crippen molar-refractivity contribution in [2.75, 3.05) is 30.9 Å². The number of rotatable bonds is 7. The standard InChI is InChI=1S/C16H18N6O5S/c1-26-9-5-7-11-6-3-4-8-12(11)22-28(24,25)10-13-18-15(20-14(17)23)21-16(19-13)27-2/h3-4,6,8,22H,9-10H2,1-2H3,(H3,17,18,19,20,21,23). The maximum Gasteiger partial charge on any atom is 0.321 e. The number of carbonyl (C=O) groups excluding carboxylic acids is 1. The number of urea groups is 1. The van der Waals surface area contributed by atoms with E-state index in [1.165, 1.54) is 14.2 Å². The molecule has 2 aromatic rings. The molecule has 28 heavy (non-hydrogen) atoms. The van der Waals surface area contributed by atoms with E-state index in [-0.39, 0.29) is 24.4 Å². The summed E-state index contributed by atoms with van der Waals surface area (Å²) in [7, 11) is -1.12. The number of methoxy groups -OCH3 is 2. The third-order valence-corrected chi connectivity index (χ3v) is 4.20. The highest BCUT2D eigenvalue weighted by atomic mass is 32.2. The Morgan fingerprint density at radius 2 is 1.96 bits per heavy atom. The Balaban J connectivity index is 2.26. The van der Waals surface area contributed by atoms with Crippen molar-refractivity contribution in [1.82, 2.24) is 15.0 Å². The Hall–Kier alpha value is -3.43. The molecule has 0 bridgehead atoms. The molecule has 4 N–H and O–H groups in total. The van der Waals surface area contributed by atoms with Crippen molar-refractivity contribution in [3.63, 3.8) is 0 Å². The van der Waals surface area contributed by atoms with Crippen LogP contribution in [-0.2, 0) is 20.5 Å². The summed E-state index contributed by atoms with van der Waals surface area (Å²) in [4.78, 5) is 22.5. The zero-order valence-electron chi connectivity index (χ0n) is 15.1. The largest absolute Gasteiger partial charge is 0.467 e. The van der Waals surface area contributed by atoms with Gasteiger partial charge in [0.15, 0.2) is 5.82 Å². The van der Waals surface area contributed by atoms with Gasteiger partial charge in [-0.05, 0) is 12.1 Å². The summed E-state index contributed by atoms with van der Waals surface area (Å²) in [5, 5.41) is 2.14. The van der Waals surface area contributed by atoms with Crippen LogP contribution in [0.2, 0.25) is 0 Å². The SMILES string of the molecule is COCC#Cc1ccccc1NS(=O)(=O)Cc1nc(NC(N)=O)nc(OC)n1. The molecule has 0 saturated carbocycles. The van der Waals surface area contributed by atoms with Crippen LogP contribution in [0.3, 0.4) is 0 Å². The summed E-state index contributed by atoms with van der Waals surface area (Å²) < 4.78 is 37.3. The first-order valence-electron chi connectivity index (χ1n) is 7.75. The summed E-state index contributed by atoms with van der Waals surface area (Å²) in [5.74, 6) is 4.61. The van der Waals surface area contributed by atoms with Gasteiger partial charge in [-0.3, -0.25) is 10.0 Å². The first kappa shape index (κ1) is 20.9. The summed E-state index contributed by atoms with van der Waals surface area (Å²) in [6, 6.07) is 5.55. The summed E-state index contributed by atoms with van der Waals surface area (Å²) >= 11 is 0. The second-order valence-electron chi connectivity index (χ2n) is 5.19. The van der Waals surface area contributed by atoms with Crippen LogP contribution in [0, 0.1) is 11.8 Å². The number of ether oxygens (including phenoxy) is 2. The second kappa shape index (κ2) is 9.49. The lowest BCUT2D eigenvalue weighted by atomic mass is 10.2. The lowest BCUT2D eigenvalue weighted by molar-refractivity contribution is 0.240. The van der Waals surface area contributed by atoms with E-state index < -0.39 is 21.8 Å². The number of sulfonamides is 1. The third kappa shape index (κ3) is 6.38. The predicted octanol–water partition coefficient (Wildman–Crippen LogP) is 0.311. The molecule has 12 heteroatoms. The Morgan fingerprint density at radius 3 is 2.64 bits per heavy atom. The number of hydrogen-bond acceptors (Lipinski definition) is 8. The fourth-order valence-electron chi connectivity index (χ4n) is 1.98. The minimum Gasteiger partial charge on any atom is -0.467 e. The molecule has 0 radical (unpaired) electrons. The van der Waals surface area contributed by atoms with E-state index in [0.29, 0.717) is 11.3 Å². The minimum atomic E-state index is -3.91. The Kier molecular flexibility index (Phi) is 7.08. The van der Waals surface area contributed by atoms with Gasteiger partial charge in [-0.2, -0.15) is 15.0 Å². The van der Waals surface area contributed by atoms with Crippen molar-refractivity contribution in [3.05, 3.63) is 35.7 Å². The fraction of sp³-hybridized carbons (Fsp3) is 0.250. The monoisotopic (exact) mass is 406 g/mol. The summed E-state index contributed by atoms with van der Waals surface area (Å²) in [6.07, 6.45) is 0. The average Bonchev–Trinajstić information content (AvgIpc) is 2.61. The van der Waals surface area contributed by atoms with E-state index in [0.717, 1.165) is 0 Å². The van der Waals surface area contributed by atoms with Crippen LogP contribution in [0.1, 0.15) is 11.4 Å². The van der Waals surface area contributed by atoms with Gasteiger partial charge in [0.25, 0.3) is 0 Å². The molecule has 0 atom stereocenters. The van der Waals surface area contributed by atoms with E-state index in [4.69, 9.17) is 15.2 Å².